The zero-order chi connectivity index (χ0) is 11.1. The molecule has 0 aliphatic carbocycles. The molecule has 4 nitrogen and oxygen atoms in total. The van der Waals surface area contributed by atoms with E-state index in [2.05, 4.69) is 12.2 Å². The van der Waals surface area contributed by atoms with Gasteiger partial charge in [-0.1, -0.05) is 0 Å². The summed E-state index contributed by atoms with van der Waals surface area (Å²) in [5.41, 5.74) is 0. The van der Waals surface area contributed by atoms with Crippen LogP contribution < -0.4 is 5.32 Å². The average molecular weight is 217 g/mol. The number of methoxy groups -OCH3 is 1. The van der Waals surface area contributed by atoms with Crippen molar-refractivity contribution in [2.24, 2.45) is 0 Å². The lowest BCUT2D eigenvalue weighted by Gasteiger charge is -2.13. The van der Waals surface area contributed by atoms with E-state index in [9.17, 15) is 5.11 Å². The third-order valence-electron chi connectivity index (χ3n) is 2.71. The van der Waals surface area contributed by atoms with Crippen LogP contribution in [0.2, 0.25) is 0 Å². The third-order valence-corrected chi connectivity index (χ3v) is 2.71. The van der Waals surface area contributed by atoms with Gasteiger partial charge in [-0.2, -0.15) is 0 Å². The number of hydrogen-bond donors (Lipinski definition) is 2. The van der Waals surface area contributed by atoms with Crippen molar-refractivity contribution in [1.29, 1.82) is 0 Å². The Hall–Kier alpha value is -0.160. The summed E-state index contributed by atoms with van der Waals surface area (Å²) >= 11 is 0. The topological polar surface area (TPSA) is 50.7 Å². The quantitative estimate of drug-likeness (QED) is 0.611. The van der Waals surface area contributed by atoms with Crippen molar-refractivity contribution in [3.63, 3.8) is 0 Å². The van der Waals surface area contributed by atoms with Gasteiger partial charge in [-0.05, 0) is 32.7 Å². The van der Waals surface area contributed by atoms with E-state index in [1.165, 1.54) is 6.42 Å². The maximum atomic E-state index is 9.39. The summed E-state index contributed by atoms with van der Waals surface area (Å²) in [5.74, 6) is 0. The molecule has 0 radical (unpaired) electrons. The van der Waals surface area contributed by atoms with Gasteiger partial charge < -0.3 is 19.9 Å². The number of aliphatic hydroxyl groups is 1. The zero-order valence-corrected chi connectivity index (χ0v) is 9.74. The van der Waals surface area contributed by atoms with Crippen molar-refractivity contribution in [3.05, 3.63) is 0 Å². The van der Waals surface area contributed by atoms with E-state index in [1.54, 1.807) is 7.11 Å². The Kier molecular flexibility index (Phi) is 6.17. The lowest BCUT2D eigenvalue weighted by molar-refractivity contribution is 0.0493. The maximum Gasteiger partial charge on any atom is 0.0785 e. The summed E-state index contributed by atoms with van der Waals surface area (Å²) in [6.07, 6.45) is 3.46. The van der Waals surface area contributed by atoms with Gasteiger partial charge in [-0.15, -0.1) is 0 Å². The van der Waals surface area contributed by atoms with Crippen LogP contribution in [0.25, 0.3) is 0 Å². The Bertz CT molecular complexity index is 166. The highest BCUT2D eigenvalue weighted by Gasteiger charge is 2.20. The molecule has 0 aromatic carbocycles. The van der Waals surface area contributed by atoms with E-state index in [0.29, 0.717) is 18.8 Å². The first kappa shape index (κ1) is 12.9. The smallest absolute Gasteiger partial charge is 0.0785 e. The lowest BCUT2D eigenvalue weighted by Crippen LogP contribution is -2.30. The first-order chi connectivity index (χ1) is 7.22. The number of nitrogens with one attached hydrogen (secondary N) is 1. The van der Waals surface area contributed by atoms with Crippen LogP contribution in [-0.4, -0.2) is 50.2 Å². The normalized spacial score (nSPS) is 28.2. The predicted molar refractivity (Wildman–Crippen MR) is 58.9 cm³/mol. The summed E-state index contributed by atoms with van der Waals surface area (Å²) in [6.45, 7) is 4.24. The first-order valence-electron chi connectivity index (χ1n) is 5.75. The molecule has 1 fully saturated rings. The maximum absolute atomic E-state index is 9.39. The van der Waals surface area contributed by atoms with Gasteiger partial charge in [-0.3, -0.25) is 0 Å². The van der Waals surface area contributed by atoms with Gasteiger partial charge in [0, 0.05) is 13.7 Å². The van der Waals surface area contributed by atoms with Gasteiger partial charge in [-0.25, -0.2) is 0 Å². The van der Waals surface area contributed by atoms with Gasteiger partial charge in [0.15, 0.2) is 0 Å². The summed E-state index contributed by atoms with van der Waals surface area (Å²) in [5, 5.41) is 12.7. The molecule has 0 aromatic rings. The second-order valence-corrected chi connectivity index (χ2v) is 4.25. The molecule has 3 unspecified atom stereocenters. The third kappa shape index (κ3) is 5.47. The first-order valence-corrected chi connectivity index (χ1v) is 5.75. The number of rotatable bonds is 7. The van der Waals surface area contributed by atoms with Gasteiger partial charge >= 0.3 is 0 Å². The monoisotopic (exact) mass is 217 g/mol. The van der Waals surface area contributed by atoms with Gasteiger partial charge in [0.25, 0.3) is 0 Å². The molecular weight excluding hydrogens is 194 g/mol. The molecule has 4 heteroatoms. The Morgan fingerprint density at radius 2 is 2.33 bits per heavy atom. The molecule has 0 spiro atoms. The second-order valence-electron chi connectivity index (χ2n) is 4.25. The highest BCUT2D eigenvalue weighted by Crippen LogP contribution is 2.17. The molecule has 1 saturated heterocycles. The Morgan fingerprint density at radius 3 is 2.93 bits per heavy atom. The molecule has 0 saturated carbocycles. The fourth-order valence-electron chi connectivity index (χ4n) is 1.84. The molecule has 0 amide bonds. The van der Waals surface area contributed by atoms with E-state index in [4.69, 9.17) is 9.47 Å². The predicted octanol–water partition coefficient (Wildman–Crippen LogP) is 0.541. The van der Waals surface area contributed by atoms with Crippen LogP contribution in [0.3, 0.4) is 0 Å². The van der Waals surface area contributed by atoms with Crippen LogP contribution in [0.1, 0.15) is 26.2 Å². The molecule has 1 heterocycles. The fourth-order valence-corrected chi connectivity index (χ4v) is 1.84. The van der Waals surface area contributed by atoms with E-state index in [0.717, 1.165) is 25.9 Å². The Labute approximate surface area is 92.0 Å². The summed E-state index contributed by atoms with van der Waals surface area (Å²) in [7, 11) is 1.60. The average Bonchev–Trinajstić information content (AvgIpc) is 2.60. The number of ether oxygens (including phenoxy) is 2. The largest absolute Gasteiger partial charge is 0.391 e. The molecule has 0 aromatic heterocycles. The van der Waals surface area contributed by atoms with Gasteiger partial charge in [0.2, 0.25) is 0 Å². The van der Waals surface area contributed by atoms with Crippen molar-refractivity contribution in [2.45, 2.75) is 44.5 Å². The molecule has 1 rings (SSSR count). The summed E-state index contributed by atoms with van der Waals surface area (Å²) < 4.78 is 10.5. The van der Waals surface area contributed by atoms with Crippen molar-refractivity contribution < 1.29 is 14.6 Å². The molecule has 0 bridgehead atoms. The van der Waals surface area contributed by atoms with Crippen molar-refractivity contribution >= 4 is 0 Å². The zero-order valence-electron chi connectivity index (χ0n) is 9.74. The van der Waals surface area contributed by atoms with Crippen LogP contribution >= 0.6 is 0 Å². The summed E-state index contributed by atoms with van der Waals surface area (Å²) in [4.78, 5) is 0. The molecular formula is C11H23NO3. The molecule has 15 heavy (non-hydrogen) atoms. The van der Waals surface area contributed by atoms with Crippen LogP contribution in [0.15, 0.2) is 0 Å². The number of hydrogen-bond acceptors (Lipinski definition) is 4. The van der Waals surface area contributed by atoms with Gasteiger partial charge in [0.05, 0.1) is 24.9 Å². The van der Waals surface area contributed by atoms with Crippen molar-refractivity contribution in [1.82, 2.24) is 5.32 Å². The highest BCUT2D eigenvalue weighted by atomic mass is 16.5. The second kappa shape index (κ2) is 7.17. The highest BCUT2D eigenvalue weighted by molar-refractivity contribution is 4.72. The fraction of sp³-hybridized carbons (Fsp3) is 1.00. The molecule has 3 atom stereocenters. The van der Waals surface area contributed by atoms with Crippen molar-refractivity contribution in [3.8, 4) is 0 Å². The van der Waals surface area contributed by atoms with Crippen LogP contribution in [0.4, 0.5) is 0 Å². The van der Waals surface area contributed by atoms with E-state index >= 15 is 0 Å². The van der Waals surface area contributed by atoms with Crippen LogP contribution in [0.5, 0.6) is 0 Å². The lowest BCUT2D eigenvalue weighted by atomic mass is 10.2. The SMILES string of the molecule is COCC(O)CCNCC1CCC(C)O1. The van der Waals surface area contributed by atoms with Crippen LogP contribution in [0, 0.1) is 0 Å². The van der Waals surface area contributed by atoms with Crippen molar-refractivity contribution in [2.75, 3.05) is 26.8 Å². The van der Waals surface area contributed by atoms with E-state index in [1.807, 2.05) is 0 Å². The molecule has 1 aliphatic heterocycles. The minimum atomic E-state index is -0.356. The van der Waals surface area contributed by atoms with Crippen LogP contribution in [-0.2, 0) is 9.47 Å². The summed E-state index contributed by atoms with van der Waals surface area (Å²) in [6, 6.07) is 0. The van der Waals surface area contributed by atoms with E-state index in [-0.39, 0.29) is 6.10 Å². The minimum absolute atomic E-state index is 0.356. The molecule has 90 valence electrons. The standard InChI is InChI=1S/C11H23NO3/c1-9-3-4-11(15-9)7-12-6-5-10(13)8-14-2/h9-13H,3-8H2,1-2H3. The Balaban J connectivity index is 1.92. The van der Waals surface area contributed by atoms with Gasteiger partial charge in [0.1, 0.15) is 0 Å². The molecule has 1 aliphatic rings. The Morgan fingerprint density at radius 1 is 1.53 bits per heavy atom. The minimum Gasteiger partial charge on any atom is -0.391 e. The van der Waals surface area contributed by atoms with E-state index < -0.39 is 0 Å². The molecule has 2 N–H and O–H groups in total. The number of aliphatic hydroxyl groups excluding tert-OH is 1.